The van der Waals surface area contributed by atoms with Crippen molar-refractivity contribution in [3.8, 4) is 11.5 Å². The van der Waals surface area contributed by atoms with Crippen molar-refractivity contribution in [2.24, 2.45) is 0 Å². The van der Waals surface area contributed by atoms with Crippen LogP contribution in [0.4, 0.5) is 0 Å². The van der Waals surface area contributed by atoms with E-state index in [0.29, 0.717) is 17.1 Å². The van der Waals surface area contributed by atoms with Crippen molar-refractivity contribution in [3.63, 3.8) is 0 Å². The first kappa shape index (κ1) is 12.7. The fourth-order valence-corrected chi connectivity index (χ4v) is 1.52. The molecule has 0 amide bonds. The molecule has 0 radical (unpaired) electrons. The summed E-state index contributed by atoms with van der Waals surface area (Å²) >= 11 is 0. The minimum atomic E-state index is -1.18. The average molecular weight is 250 g/mol. The SMILES string of the molecule is OCC(O)C(O)Cc1cncc(-c2ccco2)n1. The summed E-state index contributed by atoms with van der Waals surface area (Å²) < 4.78 is 5.19. The van der Waals surface area contributed by atoms with Crippen molar-refractivity contribution < 1.29 is 19.7 Å². The first-order valence-electron chi connectivity index (χ1n) is 5.52. The number of rotatable bonds is 5. The van der Waals surface area contributed by atoms with Crippen LogP contribution in [0.15, 0.2) is 35.2 Å². The molecule has 0 aliphatic rings. The van der Waals surface area contributed by atoms with E-state index >= 15 is 0 Å². The van der Waals surface area contributed by atoms with Gasteiger partial charge in [0.15, 0.2) is 5.76 Å². The van der Waals surface area contributed by atoms with Crippen LogP contribution in [0, 0.1) is 0 Å². The van der Waals surface area contributed by atoms with Crippen LogP contribution in [0.3, 0.4) is 0 Å². The van der Waals surface area contributed by atoms with Gasteiger partial charge in [-0.2, -0.15) is 0 Å². The molecule has 2 rings (SSSR count). The molecule has 0 saturated heterocycles. The maximum absolute atomic E-state index is 9.59. The zero-order valence-corrected chi connectivity index (χ0v) is 9.60. The van der Waals surface area contributed by atoms with Crippen molar-refractivity contribution in [1.29, 1.82) is 0 Å². The third-order valence-electron chi connectivity index (χ3n) is 2.51. The molecule has 2 heterocycles. The van der Waals surface area contributed by atoms with E-state index < -0.39 is 18.8 Å². The van der Waals surface area contributed by atoms with Crippen LogP contribution in [0.25, 0.3) is 11.5 Å². The zero-order valence-electron chi connectivity index (χ0n) is 9.60. The molecule has 2 atom stereocenters. The summed E-state index contributed by atoms with van der Waals surface area (Å²) in [6, 6.07) is 3.50. The minimum absolute atomic E-state index is 0.114. The van der Waals surface area contributed by atoms with Gasteiger partial charge in [0.2, 0.25) is 0 Å². The van der Waals surface area contributed by atoms with Crippen molar-refractivity contribution in [3.05, 3.63) is 36.5 Å². The van der Waals surface area contributed by atoms with Gasteiger partial charge < -0.3 is 19.7 Å². The minimum Gasteiger partial charge on any atom is -0.463 e. The van der Waals surface area contributed by atoms with Gasteiger partial charge in [-0.25, -0.2) is 4.98 Å². The molecule has 6 heteroatoms. The summed E-state index contributed by atoms with van der Waals surface area (Å²) in [6.07, 6.45) is 2.45. The summed E-state index contributed by atoms with van der Waals surface area (Å²) in [7, 11) is 0. The Labute approximate surface area is 104 Å². The van der Waals surface area contributed by atoms with Crippen LogP contribution in [-0.4, -0.2) is 44.1 Å². The molecule has 0 bridgehead atoms. The third-order valence-corrected chi connectivity index (χ3v) is 2.51. The van der Waals surface area contributed by atoms with Crippen molar-refractivity contribution in [1.82, 2.24) is 9.97 Å². The highest BCUT2D eigenvalue weighted by molar-refractivity contribution is 5.50. The van der Waals surface area contributed by atoms with E-state index in [1.165, 1.54) is 12.5 Å². The van der Waals surface area contributed by atoms with Gasteiger partial charge in [0.1, 0.15) is 11.8 Å². The summed E-state index contributed by atoms with van der Waals surface area (Å²) in [6.45, 7) is -0.494. The number of furan rings is 1. The quantitative estimate of drug-likeness (QED) is 0.690. The second kappa shape index (κ2) is 5.72. The molecule has 6 nitrogen and oxygen atoms in total. The molecule has 0 spiro atoms. The molecule has 0 aliphatic heterocycles. The van der Waals surface area contributed by atoms with E-state index in [1.807, 2.05) is 0 Å². The van der Waals surface area contributed by atoms with E-state index in [1.54, 1.807) is 18.3 Å². The van der Waals surface area contributed by atoms with E-state index in [4.69, 9.17) is 9.52 Å². The highest BCUT2D eigenvalue weighted by Gasteiger charge is 2.17. The highest BCUT2D eigenvalue weighted by Crippen LogP contribution is 2.16. The van der Waals surface area contributed by atoms with E-state index in [2.05, 4.69) is 9.97 Å². The zero-order chi connectivity index (χ0) is 13.0. The molecule has 2 aromatic rings. The Kier molecular flexibility index (Phi) is 4.03. The van der Waals surface area contributed by atoms with Gasteiger partial charge in [-0.15, -0.1) is 0 Å². The fourth-order valence-electron chi connectivity index (χ4n) is 1.52. The molecule has 3 N–H and O–H groups in total. The molecule has 0 saturated carbocycles. The topological polar surface area (TPSA) is 99.6 Å². The Morgan fingerprint density at radius 1 is 1.22 bits per heavy atom. The molecular weight excluding hydrogens is 236 g/mol. The van der Waals surface area contributed by atoms with Gasteiger partial charge in [0.25, 0.3) is 0 Å². The van der Waals surface area contributed by atoms with Crippen molar-refractivity contribution >= 4 is 0 Å². The summed E-state index contributed by atoms with van der Waals surface area (Å²) in [5.74, 6) is 0.585. The number of aromatic nitrogens is 2. The number of nitrogens with zero attached hydrogens (tertiary/aromatic N) is 2. The lowest BCUT2D eigenvalue weighted by molar-refractivity contribution is -0.0137. The summed E-state index contributed by atoms with van der Waals surface area (Å²) in [5, 5.41) is 27.6. The third kappa shape index (κ3) is 2.92. The Balaban J connectivity index is 2.13. The second-order valence-corrected chi connectivity index (χ2v) is 3.89. The molecule has 18 heavy (non-hydrogen) atoms. The Morgan fingerprint density at radius 3 is 2.72 bits per heavy atom. The van der Waals surface area contributed by atoms with Gasteiger partial charge in [0, 0.05) is 12.6 Å². The van der Waals surface area contributed by atoms with E-state index in [-0.39, 0.29) is 6.42 Å². The predicted octanol–water partition coefficient (Wildman–Crippen LogP) is -0.00680. The fraction of sp³-hybridized carbons (Fsp3) is 0.333. The van der Waals surface area contributed by atoms with E-state index in [0.717, 1.165) is 0 Å². The predicted molar refractivity (Wildman–Crippen MR) is 62.5 cm³/mol. The molecular formula is C12H14N2O4. The van der Waals surface area contributed by atoms with Gasteiger partial charge in [-0.05, 0) is 12.1 Å². The van der Waals surface area contributed by atoms with Crippen LogP contribution >= 0.6 is 0 Å². The van der Waals surface area contributed by atoms with Gasteiger partial charge in [0.05, 0.1) is 30.9 Å². The summed E-state index contributed by atoms with van der Waals surface area (Å²) in [4.78, 5) is 8.26. The number of hydrogen-bond acceptors (Lipinski definition) is 6. The second-order valence-electron chi connectivity index (χ2n) is 3.89. The van der Waals surface area contributed by atoms with Crippen LogP contribution in [-0.2, 0) is 6.42 Å². The van der Waals surface area contributed by atoms with Gasteiger partial charge in [-0.1, -0.05) is 0 Å². The monoisotopic (exact) mass is 250 g/mol. The molecule has 0 fully saturated rings. The van der Waals surface area contributed by atoms with Crippen molar-refractivity contribution in [2.45, 2.75) is 18.6 Å². The number of hydrogen-bond donors (Lipinski definition) is 3. The summed E-state index contributed by atoms with van der Waals surface area (Å²) in [5.41, 5.74) is 1.08. The lowest BCUT2D eigenvalue weighted by atomic mass is 10.1. The van der Waals surface area contributed by atoms with Crippen molar-refractivity contribution in [2.75, 3.05) is 6.61 Å². The van der Waals surface area contributed by atoms with Crippen LogP contribution < -0.4 is 0 Å². The largest absolute Gasteiger partial charge is 0.463 e. The lowest BCUT2D eigenvalue weighted by Crippen LogP contribution is -2.31. The van der Waals surface area contributed by atoms with Gasteiger partial charge in [-0.3, -0.25) is 4.98 Å². The maximum atomic E-state index is 9.59. The molecule has 96 valence electrons. The normalized spacial score (nSPS) is 14.4. The Morgan fingerprint density at radius 2 is 2.06 bits per heavy atom. The first-order chi connectivity index (χ1) is 8.70. The van der Waals surface area contributed by atoms with Crippen LogP contribution in [0.1, 0.15) is 5.69 Å². The smallest absolute Gasteiger partial charge is 0.153 e. The van der Waals surface area contributed by atoms with Crippen LogP contribution in [0.2, 0.25) is 0 Å². The Hall–Kier alpha value is -1.76. The number of aliphatic hydroxyl groups is 3. The standard InChI is InChI=1S/C12H14N2O4/c15-7-11(17)10(16)4-8-5-13-6-9(14-8)12-2-1-3-18-12/h1-3,5-6,10-11,15-17H,4,7H2. The molecule has 0 aromatic carbocycles. The number of aliphatic hydroxyl groups excluding tert-OH is 3. The van der Waals surface area contributed by atoms with E-state index in [9.17, 15) is 10.2 Å². The highest BCUT2D eigenvalue weighted by atomic mass is 16.4. The molecule has 0 aliphatic carbocycles. The average Bonchev–Trinajstić information content (AvgIpc) is 2.92. The van der Waals surface area contributed by atoms with Crippen LogP contribution in [0.5, 0.6) is 0 Å². The molecule has 2 aromatic heterocycles. The Bertz CT molecular complexity index is 487. The maximum Gasteiger partial charge on any atom is 0.153 e. The lowest BCUT2D eigenvalue weighted by Gasteiger charge is -2.14. The first-order valence-corrected chi connectivity index (χ1v) is 5.52. The van der Waals surface area contributed by atoms with Gasteiger partial charge >= 0.3 is 0 Å². The molecule has 2 unspecified atom stereocenters.